The van der Waals surface area contributed by atoms with E-state index in [1.165, 1.54) is 22.7 Å². The maximum atomic E-state index is 12.3. The average molecular weight is 395 g/mol. The SMILES string of the molecule is CCn1c(=NC(=O)Cc2ccc(Cl)s2)sc2cc3c(cc21)OCCO3. The smallest absolute Gasteiger partial charge is 0.253 e. The third-order valence-electron chi connectivity index (χ3n) is 3.84. The molecule has 0 radical (unpaired) electrons. The number of ether oxygens (including phenoxy) is 2. The van der Waals surface area contributed by atoms with Gasteiger partial charge in [0.15, 0.2) is 16.3 Å². The van der Waals surface area contributed by atoms with Crippen LogP contribution in [-0.4, -0.2) is 23.7 Å². The minimum absolute atomic E-state index is 0.176. The Balaban J connectivity index is 1.74. The second-order valence-corrected chi connectivity index (χ2v) is 8.29. The van der Waals surface area contributed by atoms with Crippen molar-refractivity contribution in [2.75, 3.05) is 13.2 Å². The predicted molar refractivity (Wildman–Crippen MR) is 100 cm³/mol. The Labute approximate surface area is 157 Å². The molecular weight excluding hydrogens is 380 g/mol. The number of halogens is 1. The van der Waals surface area contributed by atoms with Crippen LogP contribution in [0.25, 0.3) is 10.2 Å². The molecule has 130 valence electrons. The molecule has 1 aromatic carbocycles. The molecule has 2 aromatic heterocycles. The van der Waals surface area contributed by atoms with Gasteiger partial charge in [-0.25, -0.2) is 0 Å². The van der Waals surface area contributed by atoms with Gasteiger partial charge in [0.1, 0.15) is 13.2 Å². The molecule has 1 amide bonds. The third kappa shape index (κ3) is 3.31. The Morgan fingerprint density at radius 2 is 2.00 bits per heavy atom. The highest BCUT2D eigenvalue weighted by molar-refractivity contribution is 7.16. The lowest BCUT2D eigenvalue weighted by atomic mass is 10.2. The van der Waals surface area contributed by atoms with E-state index in [4.69, 9.17) is 21.1 Å². The number of rotatable bonds is 3. The van der Waals surface area contributed by atoms with Crippen molar-refractivity contribution in [1.82, 2.24) is 4.57 Å². The molecule has 0 saturated heterocycles. The molecular formula is C17H15ClN2O3S2. The maximum Gasteiger partial charge on any atom is 0.253 e. The van der Waals surface area contributed by atoms with Gasteiger partial charge in [0.05, 0.1) is 21.0 Å². The molecule has 3 aromatic rings. The van der Waals surface area contributed by atoms with Gasteiger partial charge in [-0.3, -0.25) is 4.79 Å². The van der Waals surface area contributed by atoms with Crippen LogP contribution < -0.4 is 14.3 Å². The van der Waals surface area contributed by atoms with E-state index in [9.17, 15) is 4.79 Å². The fraction of sp³-hybridized carbons (Fsp3) is 0.294. The van der Waals surface area contributed by atoms with Gasteiger partial charge in [0.2, 0.25) is 0 Å². The number of benzene rings is 1. The zero-order valence-electron chi connectivity index (χ0n) is 13.5. The Bertz CT molecular complexity index is 1020. The van der Waals surface area contributed by atoms with Crippen LogP contribution in [0.1, 0.15) is 11.8 Å². The molecule has 0 unspecified atom stereocenters. The minimum atomic E-state index is -0.176. The number of amides is 1. The summed E-state index contributed by atoms with van der Waals surface area (Å²) < 4.78 is 15.0. The van der Waals surface area contributed by atoms with Crippen molar-refractivity contribution >= 4 is 50.4 Å². The van der Waals surface area contributed by atoms with Crippen LogP contribution in [0.4, 0.5) is 0 Å². The highest BCUT2D eigenvalue weighted by Gasteiger charge is 2.16. The van der Waals surface area contributed by atoms with Crippen molar-refractivity contribution in [2.24, 2.45) is 4.99 Å². The van der Waals surface area contributed by atoms with Crippen LogP contribution in [0, 0.1) is 0 Å². The highest BCUT2D eigenvalue weighted by atomic mass is 35.5. The first-order chi connectivity index (χ1) is 12.1. The normalized spacial score (nSPS) is 14.2. The van der Waals surface area contributed by atoms with Crippen molar-refractivity contribution < 1.29 is 14.3 Å². The van der Waals surface area contributed by atoms with Crippen LogP contribution in [0.3, 0.4) is 0 Å². The topological polar surface area (TPSA) is 52.8 Å². The lowest BCUT2D eigenvalue weighted by Gasteiger charge is -2.18. The number of fused-ring (bicyclic) bond motifs is 2. The lowest BCUT2D eigenvalue weighted by Crippen LogP contribution is -2.17. The van der Waals surface area contributed by atoms with E-state index in [2.05, 4.69) is 4.99 Å². The van der Waals surface area contributed by atoms with Gasteiger partial charge in [-0.1, -0.05) is 22.9 Å². The molecule has 0 saturated carbocycles. The van der Waals surface area contributed by atoms with E-state index in [0.29, 0.717) is 22.4 Å². The predicted octanol–water partition coefficient (Wildman–Crippen LogP) is 3.88. The molecule has 0 fully saturated rings. The van der Waals surface area contributed by atoms with E-state index in [0.717, 1.165) is 33.1 Å². The monoisotopic (exact) mass is 394 g/mol. The molecule has 4 rings (SSSR count). The van der Waals surface area contributed by atoms with Crippen LogP contribution in [0.2, 0.25) is 4.34 Å². The first kappa shape index (κ1) is 16.6. The second-order valence-electron chi connectivity index (χ2n) is 5.48. The number of thiophene rings is 1. The van der Waals surface area contributed by atoms with Crippen LogP contribution in [0.5, 0.6) is 11.5 Å². The summed E-state index contributed by atoms with van der Waals surface area (Å²) in [5, 5.41) is 0. The summed E-state index contributed by atoms with van der Waals surface area (Å²) in [5.74, 6) is 1.31. The van der Waals surface area contributed by atoms with Crippen molar-refractivity contribution in [2.45, 2.75) is 19.9 Å². The summed E-state index contributed by atoms with van der Waals surface area (Å²) in [4.78, 5) is 18.3. The molecule has 1 aliphatic heterocycles. The summed E-state index contributed by atoms with van der Waals surface area (Å²) in [6.45, 7) is 3.85. The van der Waals surface area contributed by atoms with Crippen LogP contribution in [-0.2, 0) is 17.8 Å². The van der Waals surface area contributed by atoms with Crippen molar-refractivity contribution in [1.29, 1.82) is 0 Å². The number of carbonyl (C=O) groups excluding carboxylic acids is 1. The van der Waals surface area contributed by atoms with E-state index in [1.54, 1.807) is 6.07 Å². The number of hydrogen-bond donors (Lipinski definition) is 0. The molecule has 0 atom stereocenters. The fourth-order valence-electron chi connectivity index (χ4n) is 2.74. The number of hydrogen-bond acceptors (Lipinski definition) is 5. The highest BCUT2D eigenvalue weighted by Crippen LogP contribution is 2.35. The van der Waals surface area contributed by atoms with Gasteiger partial charge in [-0.05, 0) is 19.1 Å². The molecule has 25 heavy (non-hydrogen) atoms. The molecule has 5 nitrogen and oxygen atoms in total. The van der Waals surface area contributed by atoms with E-state index >= 15 is 0 Å². The number of thiazole rings is 1. The molecule has 8 heteroatoms. The molecule has 0 N–H and O–H groups in total. The summed E-state index contributed by atoms with van der Waals surface area (Å²) in [7, 11) is 0. The first-order valence-corrected chi connectivity index (χ1v) is 9.90. The molecule has 0 aliphatic carbocycles. The zero-order chi connectivity index (χ0) is 17.4. The van der Waals surface area contributed by atoms with Gasteiger partial charge in [-0.2, -0.15) is 4.99 Å². The first-order valence-electron chi connectivity index (χ1n) is 7.89. The van der Waals surface area contributed by atoms with Gasteiger partial charge in [0.25, 0.3) is 5.91 Å². The van der Waals surface area contributed by atoms with Gasteiger partial charge in [0, 0.05) is 23.6 Å². The number of carbonyl (C=O) groups is 1. The summed E-state index contributed by atoms with van der Waals surface area (Å²) >= 11 is 8.81. The summed E-state index contributed by atoms with van der Waals surface area (Å²) in [6.07, 6.45) is 0.262. The largest absolute Gasteiger partial charge is 0.486 e. The Morgan fingerprint density at radius 3 is 2.68 bits per heavy atom. The van der Waals surface area contributed by atoms with Gasteiger partial charge >= 0.3 is 0 Å². The molecule has 3 heterocycles. The second kappa shape index (κ2) is 6.82. The molecule has 1 aliphatic rings. The zero-order valence-corrected chi connectivity index (χ0v) is 15.8. The van der Waals surface area contributed by atoms with Crippen molar-refractivity contribution in [3.63, 3.8) is 0 Å². The minimum Gasteiger partial charge on any atom is -0.486 e. The molecule has 0 spiro atoms. The maximum absolute atomic E-state index is 12.3. The summed E-state index contributed by atoms with van der Waals surface area (Å²) in [6, 6.07) is 7.59. The molecule has 0 bridgehead atoms. The number of aryl methyl sites for hydroxylation is 1. The van der Waals surface area contributed by atoms with Crippen molar-refractivity contribution in [3.8, 4) is 11.5 Å². The van der Waals surface area contributed by atoms with Crippen molar-refractivity contribution in [3.05, 3.63) is 38.3 Å². The third-order valence-corrected chi connectivity index (χ3v) is 6.11. The Kier molecular flexibility index (Phi) is 4.54. The average Bonchev–Trinajstić information content (AvgIpc) is 3.14. The van der Waals surface area contributed by atoms with E-state index in [-0.39, 0.29) is 12.3 Å². The lowest BCUT2D eigenvalue weighted by molar-refractivity contribution is -0.117. The number of aromatic nitrogens is 1. The standard InChI is InChI=1S/C17H15ClN2O3S2/c1-2-20-11-8-12-13(23-6-5-22-12)9-14(11)25-17(20)19-16(21)7-10-3-4-15(18)24-10/h3-4,8-9H,2,5-7H2,1H3. The Hall–Kier alpha value is -1.83. The van der Waals surface area contributed by atoms with Gasteiger partial charge < -0.3 is 14.0 Å². The quantitative estimate of drug-likeness (QED) is 0.677. The Morgan fingerprint density at radius 1 is 1.24 bits per heavy atom. The van der Waals surface area contributed by atoms with Crippen LogP contribution >= 0.6 is 34.3 Å². The van der Waals surface area contributed by atoms with E-state index in [1.807, 2.05) is 29.7 Å². The summed E-state index contributed by atoms with van der Waals surface area (Å²) in [5.41, 5.74) is 1.00. The van der Waals surface area contributed by atoms with Crippen LogP contribution in [0.15, 0.2) is 29.3 Å². The van der Waals surface area contributed by atoms with Gasteiger partial charge in [-0.15, -0.1) is 11.3 Å². The van der Waals surface area contributed by atoms with E-state index < -0.39 is 0 Å². The fourth-order valence-corrected chi connectivity index (χ4v) is 4.94. The number of nitrogens with zero attached hydrogens (tertiary/aromatic N) is 2.